The second kappa shape index (κ2) is 7.45. The van der Waals surface area contributed by atoms with Crippen molar-refractivity contribution >= 4 is 17.5 Å². The third-order valence-corrected chi connectivity index (χ3v) is 3.56. The van der Waals surface area contributed by atoms with Crippen molar-refractivity contribution in [1.29, 1.82) is 0 Å². The molecule has 0 aromatic carbocycles. The predicted octanol–water partition coefficient (Wildman–Crippen LogP) is 1.86. The summed E-state index contributed by atoms with van der Waals surface area (Å²) in [6.45, 7) is 4.38. The summed E-state index contributed by atoms with van der Waals surface area (Å²) in [6.07, 6.45) is 1.26. The summed E-state index contributed by atoms with van der Waals surface area (Å²) in [5.41, 5.74) is 0. The number of ether oxygens (including phenoxy) is 1. The number of thioether (sulfide) groups is 1. The summed E-state index contributed by atoms with van der Waals surface area (Å²) in [5, 5.41) is 4.41. The van der Waals surface area contributed by atoms with E-state index >= 15 is 0 Å². The molecule has 17 heavy (non-hydrogen) atoms. The van der Waals surface area contributed by atoms with E-state index in [0.717, 1.165) is 12.2 Å². The number of hydrogen-bond donors (Lipinski definition) is 0. The number of aromatic nitrogens is 2. The van der Waals surface area contributed by atoms with Crippen molar-refractivity contribution in [2.24, 2.45) is 0 Å². The van der Waals surface area contributed by atoms with Crippen molar-refractivity contribution in [1.82, 2.24) is 10.1 Å². The lowest BCUT2D eigenvalue weighted by atomic mass is 10.3. The highest BCUT2D eigenvalue weighted by Crippen LogP contribution is 2.17. The van der Waals surface area contributed by atoms with Gasteiger partial charge in [-0.05, 0) is 6.42 Å². The number of ketones is 1. The lowest BCUT2D eigenvalue weighted by Crippen LogP contribution is -2.09. The highest BCUT2D eigenvalue weighted by atomic mass is 32.2. The van der Waals surface area contributed by atoms with Gasteiger partial charge in [0, 0.05) is 12.4 Å². The van der Waals surface area contributed by atoms with Crippen molar-refractivity contribution in [3.05, 3.63) is 11.7 Å². The number of methoxy groups -OCH3 is 1. The molecule has 0 saturated carbocycles. The van der Waals surface area contributed by atoms with Gasteiger partial charge in [-0.2, -0.15) is 16.7 Å². The van der Waals surface area contributed by atoms with Crippen LogP contribution in [0.5, 0.6) is 0 Å². The van der Waals surface area contributed by atoms with E-state index in [1.165, 1.54) is 7.11 Å². The molecule has 0 saturated heterocycles. The van der Waals surface area contributed by atoms with Crippen molar-refractivity contribution in [2.45, 2.75) is 37.7 Å². The molecule has 0 fully saturated rings. The van der Waals surface area contributed by atoms with Gasteiger partial charge < -0.3 is 9.26 Å². The quantitative estimate of drug-likeness (QED) is 0.709. The molecule has 0 aliphatic heterocycles. The Morgan fingerprint density at radius 2 is 2.35 bits per heavy atom. The molecule has 1 unspecified atom stereocenters. The topological polar surface area (TPSA) is 65.2 Å². The summed E-state index contributed by atoms with van der Waals surface area (Å²) in [7, 11) is 1.49. The first-order valence-corrected chi connectivity index (χ1v) is 6.64. The molecule has 6 heteroatoms. The fraction of sp³-hybridized carbons (Fsp3) is 0.727. The Morgan fingerprint density at radius 1 is 1.59 bits per heavy atom. The number of carbonyl (C=O) groups excluding carboxylic acids is 1. The van der Waals surface area contributed by atoms with Gasteiger partial charge in [0.25, 0.3) is 0 Å². The first-order valence-electron chi connectivity index (χ1n) is 5.59. The molecular weight excluding hydrogens is 240 g/mol. The van der Waals surface area contributed by atoms with Gasteiger partial charge in [0.1, 0.15) is 6.61 Å². The van der Waals surface area contributed by atoms with Crippen molar-refractivity contribution < 1.29 is 14.1 Å². The zero-order valence-electron chi connectivity index (χ0n) is 10.4. The summed E-state index contributed by atoms with van der Waals surface area (Å²) in [6, 6.07) is 0. The number of nitrogens with zero attached hydrogens (tertiary/aromatic N) is 2. The van der Waals surface area contributed by atoms with Crippen LogP contribution in [0.2, 0.25) is 0 Å². The lowest BCUT2D eigenvalue weighted by Gasteiger charge is -2.04. The molecule has 0 aliphatic carbocycles. The Balaban J connectivity index is 2.39. The van der Waals surface area contributed by atoms with Crippen molar-refractivity contribution in [3.63, 3.8) is 0 Å². The Kier molecular flexibility index (Phi) is 6.21. The Labute approximate surface area is 105 Å². The smallest absolute Gasteiger partial charge is 0.234 e. The summed E-state index contributed by atoms with van der Waals surface area (Å²) in [5.74, 6) is 1.68. The lowest BCUT2D eigenvalue weighted by molar-refractivity contribution is -0.122. The van der Waals surface area contributed by atoms with E-state index in [-0.39, 0.29) is 18.8 Å². The highest BCUT2D eigenvalue weighted by molar-refractivity contribution is 7.99. The van der Waals surface area contributed by atoms with Crippen LogP contribution in [0.25, 0.3) is 0 Å². The third-order valence-electron chi connectivity index (χ3n) is 2.24. The fourth-order valence-corrected chi connectivity index (χ4v) is 1.92. The number of hydrogen-bond acceptors (Lipinski definition) is 6. The molecule has 1 aromatic heterocycles. The van der Waals surface area contributed by atoms with Gasteiger partial charge in [-0.1, -0.05) is 19.0 Å². The van der Waals surface area contributed by atoms with Crippen LogP contribution in [0.3, 0.4) is 0 Å². The fourth-order valence-electron chi connectivity index (χ4n) is 1.14. The van der Waals surface area contributed by atoms with Crippen LogP contribution >= 0.6 is 11.8 Å². The molecule has 0 aliphatic rings. The molecule has 1 aromatic rings. The average Bonchev–Trinajstić information content (AvgIpc) is 2.74. The molecule has 0 amide bonds. The maximum Gasteiger partial charge on any atom is 0.234 e. The minimum Gasteiger partial charge on any atom is -0.377 e. The van der Waals surface area contributed by atoms with Crippen molar-refractivity contribution in [3.8, 4) is 0 Å². The number of rotatable bonds is 8. The van der Waals surface area contributed by atoms with Gasteiger partial charge >= 0.3 is 0 Å². The Bertz CT molecular complexity index is 354. The third kappa shape index (κ3) is 5.32. The number of carbonyl (C=O) groups is 1. The van der Waals surface area contributed by atoms with Gasteiger partial charge in [0.05, 0.1) is 12.2 Å². The van der Waals surface area contributed by atoms with E-state index in [2.05, 4.69) is 24.0 Å². The molecule has 0 N–H and O–H groups in total. The molecule has 1 heterocycles. The standard InChI is InChI=1S/C11H18N2O3S/c1-4-8(2)17-7-10-12-11(16-13-10)5-9(14)6-15-3/h8H,4-7H2,1-3H3. The van der Waals surface area contributed by atoms with Crippen LogP contribution < -0.4 is 0 Å². The van der Waals surface area contributed by atoms with Crippen LogP contribution in [-0.4, -0.2) is 34.9 Å². The first kappa shape index (κ1) is 14.2. The second-order valence-corrected chi connectivity index (χ2v) is 5.21. The SMILES string of the molecule is CCC(C)SCc1noc(CC(=O)COC)n1. The monoisotopic (exact) mass is 258 g/mol. The van der Waals surface area contributed by atoms with Crippen LogP contribution in [0, 0.1) is 0 Å². The Morgan fingerprint density at radius 3 is 3.00 bits per heavy atom. The molecule has 96 valence electrons. The van der Waals surface area contributed by atoms with Crippen molar-refractivity contribution in [2.75, 3.05) is 13.7 Å². The Hall–Kier alpha value is -0.880. The van der Waals surface area contributed by atoms with Gasteiger partial charge in [0.15, 0.2) is 11.6 Å². The van der Waals surface area contributed by atoms with E-state index in [0.29, 0.717) is 17.0 Å². The predicted molar refractivity (Wildman–Crippen MR) is 65.9 cm³/mol. The minimum atomic E-state index is -0.0581. The zero-order chi connectivity index (χ0) is 12.7. The van der Waals surface area contributed by atoms with E-state index < -0.39 is 0 Å². The van der Waals surface area contributed by atoms with Gasteiger partial charge in [-0.25, -0.2) is 0 Å². The second-order valence-electron chi connectivity index (χ2n) is 3.78. The average molecular weight is 258 g/mol. The van der Waals surface area contributed by atoms with E-state index in [1.54, 1.807) is 11.8 Å². The minimum absolute atomic E-state index is 0.0581. The van der Waals surface area contributed by atoms with Gasteiger partial charge in [-0.15, -0.1) is 0 Å². The van der Waals surface area contributed by atoms with Crippen LogP contribution in [-0.2, 0) is 21.7 Å². The van der Waals surface area contributed by atoms with E-state index in [4.69, 9.17) is 9.26 Å². The molecule has 0 spiro atoms. The van der Waals surface area contributed by atoms with Crippen LogP contribution in [0.15, 0.2) is 4.52 Å². The van der Waals surface area contributed by atoms with Crippen LogP contribution in [0.1, 0.15) is 32.0 Å². The number of Topliss-reactive ketones (excluding diaryl/α,β-unsaturated/α-hetero) is 1. The molecular formula is C11H18N2O3S. The zero-order valence-corrected chi connectivity index (χ0v) is 11.2. The molecule has 0 radical (unpaired) electrons. The maximum atomic E-state index is 11.3. The summed E-state index contributed by atoms with van der Waals surface area (Å²) < 4.78 is 9.73. The first-order chi connectivity index (χ1) is 8.15. The summed E-state index contributed by atoms with van der Waals surface area (Å²) in [4.78, 5) is 15.4. The van der Waals surface area contributed by atoms with Gasteiger partial charge in [-0.3, -0.25) is 4.79 Å². The molecule has 5 nitrogen and oxygen atoms in total. The van der Waals surface area contributed by atoms with Crippen LogP contribution in [0.4, 0.5) is 0 Å². The maximum absolute atomic E-state index is 11.3. The molecule has 1 rings (SSSR count). The molecule has 0 bridgehead atoms. The normalized spacial score (nSPS) is 12.6. The van der Waals surface area contributed by atoms with E-state index in [9.17, 15) is 4.79 Å². The van der Waals surface area contributed by atoms with E-state index in [1.807, 2.05) is 0 Å². The highest BCUT2D eigenvalue weighted by Gasteiger charge is 2.11. The summed E-state index contributed by atoms with van der Waals surface area (Å²) >= 11 is 1.78. The van der Waals surface area contributed by atoms with Gasteiger partial charge in [0.2, 0.25) is 5.89 Å². The molecule has 1 atom stereocenters. The largest absolute Gasteiger partial charge is 0.377 e.